The van der Waals surface area contributed by atoms with Gasteiger partial charge in [0.15, 0.2) is 15.8 Å². The van der Waals surface area contributed by atoms with Crippen molar-refractivity contribution in [3.8, 4) is 0 Å². The second kappa shape index (κ2) is 9.51. The zero-order valence-electron chi connectivity index (χ0n) is 14.6. The lowest BCUT2D eigenvalue weighted by molar-refractivity contribution is 0.559. The van der Waals surface area contributed by atoms with Gasteiger partial charge < -0.3 is 15.2 Å². The molecule has 0 unspecified atom stereocenters. The molecule has 1 aromatic heterocycles. The first-order valence-corrected chi connectivity index (χ1v) is 9.16. The molecule has 8 heteroatoms. The number of rotatable bonds is 6. The number of hydrogen-bond acceptors (Lipinski definition) is 3. The van der Waals surface area contributed by atoms with Crippen LogP contribution >= 0.6 is 24.0 Å². The van der Waals surface area contributed by atoms with Crippen LogP contribution in [0.25, 0.3) is 0 Å². The van der Waals surface area contributed by atoms with Crippen molar-refractivity contribution in [1.82, 2.24) is 15.2 Å². The fourth-order valence-electron chi connectivity index (χ4n) is 1.78. The van der Waals surface area contributed by atoms with E-state index in [1.165, 1.54) is 0 Å². The molecule has 0 atom stereocenters. The molecule has 0 amide bonds. The van der Waals surface area contributed by atoms with Gasteiger partial charge in [-0.25, -0.2) is 13.4 Å². The van der Waals surface area contributed by atoms with Crippen molar-refractivity contribution < 1.29 is 8.42 Å². The monoisotopic (exact) mass is 456 g/mol. The second-order valence-electron chi connectivity index (χ2n) is 6.24. The summed E-state index contributed by atoms with van der Waals surface area (Å²) in [5.74, 6) is 0.724. The standard InChI is InChI=1S/C15H28N4O2S.HI/c1-6-16-14(18-11-13-7-9-19(5)12-13)17-8-10-22(20,21)15(2,3)4;/h7,9,12H,6,8,10-11H2,1-5H3,(H2,16,17,18);1H. The second-order valence-corrected chi connectivity index (χ2v) is 9.10. The number of aromatic nitrogens is 1. The zero-order valence-corrected chi connectivity index (χ0v) is 17.7. The van der Waals surface area contributed by atoms with Crippen molar-refractivity contribution in [2.45, 2.75) is 39.0 Å². The Morgan fingerprint density at radius 3 is 2.43 bits per heavy atom. The van der Waals surface area contributed by atoms with Crippen molar-refractivity contribution in [3.05, 3.63) is 24.0 Å². The van der Waals surface area contributed by atoms with Gasteiger partial charge in [0.25, 0.3) is 0 Å². The molecule has 1 rings (SSSR count). The normalized spacial score (nSPS) is 12.7. The van der Waals surface area contributed by atoms with E-state index in [-0.39, 0.29) is 29.7 Å². The number of nitrogens with one attached hydrogen (secondary N) is 2. The average Bonchev–Trinajstić information content (AvgIpc) is 2.80. The highest BCUT2D eigenvalue weighted by Gasteiger charge is 2.28. The summed E-state index contributed by atoms with van der Waals surface area (Å²) in [6.07, 6.45) is 3.98. The largest absolute Gasteiger partial charge is 0.357 e. The van der Waals surface area contributed by atoms with Crippen molar-refractivity contribution in [2.75, 3.05) is 18.8 Å². The molecule has 0 aromatic carbocycles. The predicted molar refractivity (Wildman–Crippen MR) is 107 cm³/mol. The lowest BCUT2D eigenvalue weighted by Gasteiger charge is -2.19. The molecule has 0 radical (unpaired) electrons. The van der Waals surface area contributed by atoms with Gasteiger partial charge in [0.1, 0.15) is 0 Å². The lowest BCUT2D eigenvalue weighted by Crippen LogP contribution is -2.41. The summed E-state index contributed by atoms with van der Waals surface area (Å²) in [4.78, 5) is 4.47. The first-order valence-electron chi connectivity index (χ1n) is 7.51. The maximum atomic E-state index is 12.1. The minimum Gasteiger partial charge on any atom is -0.357 e. The van der Waals surface area contributed by atoms with E-state index in [1.807, 2.05) is 37.0 Å². The molecule has 0 spiro atoms. The Labute approximate surface area is 157 Å². The number of nitrogens with zero attached hydrogens (tertiary/aromatic N) is 2. The number of guanidine groups is 1. The van der Waals surface area contributed by atoms with Gasteiger partial charge in [-0.05, 0) is 39.3 Å². The van der Waals surface area contributed by atoms with Gasteiger partial charge in [-0.1, -0.05) is 0 Å². The van der Waals surface area contributed by atoms with Crippen LogP contribution in [0.3, 0.4) is 0 Å². The highest BCUT2D eigenvalue weighted by molar-refractivity contribution is 14.0. The number of aryl methyl sites for hydroxylation is 1. The van der Waals surface area contributed by atoms with Gasteiger partial charge in [0.2, 0.25) is 0 Å². The summed E-state index contributed by atoms with van der Waals surface area (Å²) in [6, 6.07) is 2.01. The molecule has 0 aliphatic heterocycles. The maximum Gasteiger partial charge on any atom is 0.191 e. The molecule has 23 heavy (non-hydrogen) atoms. The third-order valence-corrected chi connectivity index (χ3v) is 5.86. The van der Waals surface area contributed by atoms with Crippen molar-refractivity contribution in [1.29, 1.82) is 0 Å². The highest BCUT2D eigenvalue weighted by Crippen LogP contribution is 2.15. The van der Waals surface area contributed by atoms with Crippen LogP contribution in [0.2, 0.25) is 0 Å². The molecule has 0 aliphatic rings. The smallest absolute Gasteiger partial charge is 0.191 e. The van der Waals surface area contributed by atoms with Crippen LogP contribution < -0.4 is 10.6 Å². The number of hydrogen-bond donors (Lipinski definition) is 2. The third kappa shape index (κ3) is 7.56. The van der Waals surface area contributed by atoms with Crippen LogP contribution in [0.4, 0.5) is 0 Å². The van der Waals surface area contributed by atoms with E-state index in [9.17, 15) is 8.42 Å². The minimum absolute atomic E-state index is 0. The summed E-state index contributed by atoms with van der Waals surface area (Å²) in [6.45, 7) is 8.77. The van der Waals surface area contributed by atoms with E-state index in [0.29, 0.717) is 19.0 Å². The Kier molecular flexibility index (Phi) is 9.19. The average molecular weight is 456 g/mol. The van der Waals surface area contributed by atoms with E-state index in [0.717, 1.165) is 12.1 Å². The van der Waals surface area contributed by atoms with E-state index < -0.39 is 14.6 Å². The summed E-state index contributed by atoms with van der Waals surface area (Å²) in [5.41, 5.74) is 1.11. The summed E-state index contributed by atoms with van der Waals surface area (Å²) in [5, 5.41) is 6.20. The van der Waals surface area contributed by atoms with E-state index >= 15 is 0 Å². The van der Waals surface area contributed by atoms with E-state index in [2.05, 4.69) is 15.6 Å². The Morgan fingerprint density at radius 2 is 1.96 bits per heavy atom. The van der Waals surface area contributed by atoms with Crippen molar-refractivity contribution in [3.63, 3.8) is 0 Å². The topological polar surface area (TPSA) is 75.5 Å². The van der Waals surface area contributed by atoms with Gasteiger partial charge in [-0.3, -0.25) is 0 Å². The van der Waals surface area contributed by atoms with Crippen LogP contribution in [0.1, 0.15) is 33.3 Å². The fraction of sp³-hybridized carbons (Fsp3) is 0.667. The van der Waals surface area contributed by atoms with Gasteiger partial charge >= 0.3 is 0 Å². The lowest BCUT2D eigenvalue weighted by atomic mass is 10.3. The molecule has 0 saturated heterocycles. The first kappa shape index (κ1) is 22.2. The van der Waals surface area contributed by atoms with Gasteiger partial charge in [-0.15, -0.1) is 24.0 Å². The first-order chi connectivity index (χ1) is 10.2. The Bertz CT molecular complexity index is 603. The molecule has 0 saturated carbocycles. The SMILES string of the molecule is CCNC(=NCc1ccn(C)c1)NCCS(=O)(=O)C(C)(C)C.I. The van der Waals surface area contributed by atoms with Gasteiger partial charge in [-0.2, -0.15) is 0 Å². The Balaban J connectivity index is 0.00000484. The summed E-state index contributed by atoms with van der Waals surface area (Å²) < 4.78 is 25.4. The van der Waals surface area contributed by atoms with Crippen molar-refractivity contribution in [2.24, 2.45) is 12.0 Å². The van der Waals surface area contributed by atoms with Crippen molar-refractivity contribution >= 4 is 39.8 Å². The Hall–Kier alpha value is -0.770. The van der Waals surface area contributed by atoms with Crippen LogP contribution in [0, 0.1) is 0 Å². The minimum atomic E-state index is -3.12. The molecule has 1 heterocycles. The van der Waals surface area contributed by atoms with Gasteiger partial charge in [0, 0.05) is 32.5 Å². The highest BCUT2D eigenvalue weighted by atomic mass is 127. The molecular weight excluding hydrogens is 427 g/mol. The maximum absolute atomic E-state index is 12.1. The Morgan fingerprint density at radius 1 is 1.30 bits per heavy atom. The molecule has 2 N–H and O–H groups in total. The van der Waals surface area contributed by atoms with Crippen LogP contribution in [-0.4, -0.2) is 42.5 Å². The number of sulfone groups is 1. The molecule has 0 bridgehead atoms. The molecule has 0 aliphatic carbocycles. The molecule has 0 fully saturated rings. The third-order valence-electron chi connectivity index (χ3n) is 3.25. The summed E-state index contributed by atoms with van der Waals surface area (Å²) in [7, 11) is -1.15. The quantitative estimate of drug-likeness (QED) is 0.390. The molecule has 134 valence electrons. The predicted octanol–water partition coefficient (Wildman–Crippen LogP) is 1.91. The summed E-state index contributed by atoms with van der Waals surface area (Å²) >= 11 is 0. The molecular formula is C15H29IN4O2S. The fourth-order valence-corrected chi connectivity index (χ4v) is 2.76. The van der Waals surface area contributed by atoms with Crippen LogP contribution in [-0.2, 0) is 23.4 Å². The van der Waals surface area contributed by atoms with Crippen LogP contribution in [0.15, 0.2) is 23.5 Å². The molecule has 1 aromatic rings. The van der Waals surface area contributed by atoms with E-state index in [1.54, 1.807) is 20.8 Å². The molecule has 6 nitrogen and oxygen atoms in total. The van der Waals surface area contributed by atoms with Gasteiger partial charge in [0.05, 0.1) is 17.0 Å². The van der Waals surface area contributed by atoms with Crippen LogP contribution in [0.5, 0.6) is 0 Å². The number of aliphatic imine (C=N–C) groups is 1. The van der Waals surface area contributed by atoms with E-state index in [4.69, 9.17) is 0 Å². The zero-order chi connectivity index (χ0) is 16.8. The number of halogens is 1.